The molecule has 0 bridgehead atoms. The van der Waals surface area contributed by atoms with E-state index in [-0.39, 0.29) is 6.04 Å². The van der Waals surface area contributed by atoms with Crippen LogP contribution in [0.5, 0.6) is 11.5 Å². The van der Waals surface area contributed by atoms with Gasteiger partial charge >= 0.3 is 12.0 Å². The Morgan fingerprint density at radius 3 is 2.57 bits per heavy atom. The summed E-state index contributed by atoms with van der Waals surface area (Å²) in [6.07, 6.45) is 6.78. The number of hydrogen-bond donors (Lipinski definition) is 2. The Balaban J connectivity index is 1.82. The molecule has 0 aliphatic heterocycles. The second kappa shape index (κ2) is 11.8. The van der Waals surface area contributed by atoms with Crippen molar-refractivity contribution >= 4 is 24.0 Å². The zero-order chi connectivity index (χ0) is 21.9. The second-order valence-corrected chi connectivity index (χ2v) is 7.05. The van der Waals surface area contributed by atoms with Gasteiger partial charge in [-0.2, -0.15) is 0 Å². The quantitative estimate of drug-likeness (QED) is 0.496. The summed E-state index contributed by atoms with van der Waals surface area (Å²) in [6.45, 7) is 3.80. The Kier molecular flexibility index (Phi) is 9.18. The van der Waals surface area contributed by atoms with Crippen LogP contribution >= 0.6 is 0 Å². The SMILES string of the molecule is CCOc1ccc(/C=C/C(=O)O[C@@H](C)C(=O)NC(=O)NC2CCCCC2)cc1OC. The molecule has 0 saturated heterocycles. The van der Waals surface area contributed by atoms with Gasteiger partial charge in [-0.25, -0.2) is 9.59 Å². The highest BCUT2D eigenvalue weighted by molar-refractivity contribution is 5.98. The van der Waals surface area contributed by atoms with E-state index in [1.54, 1.807) is 24.3 Å². The molecule has 8 nitrogen and oxygen atoms in total. The minimum absolute atomic E-state index is 0.0819. The van der Waals surface area contributed by atoms with Crippen molar-refractivity contribution in [3.05, 3.63) is 29.8 Å². The Morgan fingerprint density at radius 2 is 1.90 bits per heavy atom. The van der Waals surface area contributed by atoms with Crippen molar-refractivity contribution in [3.63, 3.8) is 0 Å². The predicted octanol–water partition coefficient (Wildman–Crippen LogP) is 3.20. The van der Waals surface area contributed by atoms with Crippen LogP contribution in [-0.4, -0.2) is 43.8 Å². The van der Waals surface area contributed by atoms with E-state index in [2.05, 4.69) is 10.6 Å². The van der Waals surface area contributed by atoms with E-state index in [4.69, 9.17) is 14.2 Å². The number of hydrogen-bond acceptors (Lipinski definition) is 6. The Morgan fingerprint density at radius 1 is 1.17 bits per heavy atom. The lowest BCUT2D eigenvalue weighted by Gasteiger charge is -2.23. The molecule has 0 heterocycles. The Labute approximate surface area is 176 Å². The number of ether oxygens (including phenoxy) is 3. The van der Waals surface area contributed by atoms with Crippen LogP contribution in [0.4, 0.5) is 4.79 Å². The van der Waals surface area contributed by atoms with E-state index < -0.39 is 24.0 Å². The minimum Gasteiger partial charge on any atom is -0.493 e. The monoisotopic (exact) mass is 418 g/mol. The topological polar surface area (TPSA) is 103 Å². The van der Waals surface area contributed by atoms with E-state index in [0.29, 0.717) is 23.7 Å². The van der Waals surface area contributed by atoms with Gasteiger partial charge in [0.2, 0.25) is 0 Å². The molecule has 1 aromatic carbocycles. The highest BCUT2D eigenvalue weighted by Crippen LogP contribution is 2.28. The van der Waals surface area contributed by atoms with Gasteiger partial charge in [0.05, 0.1) is 13.7 Å². The molecule has 1 aliphatic carbocycles. The number of urea groups is 1. The number of methoxy groups -OCH3 is 1. The molecule has 30 heavy (non-hydrogen) atoms. The van der Waals surface area contributed by atoms with E-state index >= 15 is 0 Å². The van der Waals surface area contributed by atoms with Gasteiger partial charge in [0.15, 0.2) is 17.6 Å². The largest absolute Gasteiger partial charge is 0.493 e. The maximum Gasteiger partial charge on any atom is 0.331 e. The van der Waals surface area contributed by atoms with Crippen LogP contribution in [-0.2, 0) is 14.3 Å². The minimum atomic E-state index is -1.10. The van der Waals surface area contributed by atoms with Gasteiger partial charge in [-0.1, -0.05) is 25.3 Å². The van der Waals surface area contributed by atoms with Crippen LogP contribution in [0.15, 0.2) is 24.3 Å². The lowest BCUT2D eigenvalue weighted by molar-refractivity contribution is -0.149. The molecule has 8 heteroatoms. The summed E-state index contributed by atoms with van der Waals surface area (Å²) in [5.41, 5.74) is 0.705. The number of nitrogens with one attached hydrogen (secondary N) is 2. The third kappa shape index (κ3) is 7.42. The van der Waals surface area contributed by atoms with Gasteiger partial charge in [0, 0.05) is 12.1 Å². The van der Waals surface area contributed by atoms with Gasteiger partial charge in [-0.15, -0.1) is 0 Å². The molecule has 164 valence electrons. The highest BCUT2D eigenvalue weighted by atomic mass is 16.5. The summed E-state index contributed by atoms with van der Waals surface area (Å²) in [5.74, 6) is -0.216. The third-order valence-corrected chi connectivity index (χ3v) is 4.74. The molecule has 2 N–H and O–H groups in total. The maximum atomic E-state index is 12.1. The van der Waals surface area contributed by atoms with Crippen LogP contribution in [0, 0.1) is 0 Å². The number of benzene rings is 1. The van der Waals surface area contributed by atoms with E-state index in [0.717, 1.165) is 25.7 Å². The molecule has 0 aromatic heterocycles. The number of carbonyl (C=O) groups is 3. The summed E-state index contributed by atoms with van der Waals surface area (Å²) in [4.78, 5) is 36.0. The first-order valence-corrected chi connectivity index (χ1v) is 10.2. The molecule has 1 atom stereocenters. The summed E-state index contributed by atoms with van der Waals surface area (Å²) >= 11 is 0. The van der Waals surface area contributed by atoms with Crippen molar-refractivity contribution in [2.24, 2.45) is 0 Å². The number of amides is 3. The summed E-state index contributed by atoms with van der Waals surface area (Å²) < 4.78 is 15.8. The maximum absolute atomic E-state index is 12.1. The van der Waals surface area contributed by atoms with Crippen LogP contribution in [0.2, 0.25) is 0 Å². The number of rotatable bonds is 8. The summed E-state index contributed by atoms with van der Waals surface area (Å²) in [7, 11) is 1.53. The number of carbonyl (C=O) groups excluding carboxylic acids is 3. The standard InChI is InChI=1S/C22H30N2O6/c1-4-29-18-12-10-16(14-19(18)28-3)11-13-20(25)30-15(2)21(26)24-22(27)23-17-8-6-5-7-9-17/h10-15,17H,4-9H2,1-3H3,(H2,23,24,26,27)/b13-11+/t15-/m0/s1. The van der Waals surface area contributed by atoms with Crippen molar-refractivity contribution in [1.82, 2.24) is 10.6 Å². The molecule has 0 spiro atoms. The van der Waals surface area contributed by atoms with Gasteiger partial charge in [0.25, 0.3) is 5.91 Å². The van der Waals surface area contributed by atoms with E-state index in [9.17, 15) is 14.4 Å². The summed E-state index contributed by atoms with van der Waals surface area (Å²) in [6, 6.07) is 4.75. The molecule has 1 aliphatic rings. The Bertz CT molecular complexity index is 771. The van der Waals surface area contributed by atoms with Crippen LogP contribution < -0.4 is 20.1 Å². The van der Waals surface area contributed by atoms with Crippen molar-refractivity contribution < 1.29 is 28.6 Å². The lowest BCUT2D eigenvalue weighted by atomic mass is 9.96. The normalized spacial score (nSPS) is 15.3. The van der Waals surface area contributed by atoms with Crippen molar-refractivity contribution in [3.8, 4) is 11.5 Å². The number of imide groups is 1. The fourth-order valence-corrected chi connectivity index (χ4v) is 3.18. The van der Waals surface area contributed by atoms with Crippen LogP contribution in [0.3, 0.4) is 0 Å². The Hall–Kier alpha value is -3.03. The molecule has 1 saturated carbocycles. The average molecular weight is 418 g/mol. The third-order valence-electron chi connectivity index (χ3n) is 4.74. The molecule has 3 amide bonds. The fraction of sp³-hybridized carbons (Fsp3) is 0.500. The summed E-state index contributed by atoms with van der Waals surface area (Å²) in [5, 5.41) is 5.00. The predicted molar refractivity (Wildman–Crippen MR) is 112 cm³/mol. The van der Waals surface area contributed by atoms with Crippen molar-refractivity contribution in [2.45, 2.75) is 58.1 Å². The van der Waals surface area contributed by atoms with E-state index in [1.807, 2.05) is 6.92 Å². The van der Waals surface area contributed by atoms with Crippen LogP contribution in [0.1, 0.15) is 51.5 Å². The molecule has 0 unspecified atom stereocenters. The molecular weight excluding hydrogens is 388 g/mol. The molecule has 1 fully saturated rings. The molecule has 1 aromatic rings. The molecule has 2 rings (SSSR count). The first-order valence-electron chi connectivity index (χ1n) is 10.2. The first kappa shape index (κ1) is 23.3. The van der Waals surface area contributed by atoms with Gasteiger partial charge in [-0.05, 0) is 50.5 Å². The van der Waals surface area contributed by atoms with Gasteiger partial charge in [0.1, 0.15) is 0 Å². The van der Waals surface area contributed by atoms with Crippen molar-refractivity contribution in [2.75, 3.05) is 13.7 Å². The first-order chi connectivity index (χ1) is 14.4. The van der Waals surface area contributed by atoms with Gasteiger partial charge in [-0.3, -0.25) is 10.1 Å². The average Bonchev–Trinajstić information content (AvgIpc) is 2.73. The zero-order valence-corrected chi connectivity index (χ0v) is 17.7. The van der Waals surface area contributed by atoms with E-state index in [1.165, 1.54) is 26.5 Å². The van der Waals surface area contributed by atoms with Crippen LogP contribution in [0.25, 0.3) is 6.08 Å². The number of esters is 1. The smallest absolute Gasteiger partial charge is 0.331 e. The second-order valence-electron chi connectivity index (χ2n) is 7.05. The zero-order valence-electron chi connectivity index (χ0n) is 17.7. The molecular formula is C22H30N2O6. The van der Waals surface area contributed by atoms with Gasteiger partial charge < -0.3 is 19.5 Å². The molecule has 0 radical (unpaired) electrons. The lowest BCUT2D eigenvalue weighted by Crippen LogP contribution is -2.48. The fourth-order valence-electron chi connectivity index (χ4n) is 3.18. The van der Waals surface area contributed by atoms with Crippen molar-refractivity contribution in [1.29, 1.82) is 0 Å². The highest BCUT2D eigenvalue weighted by Gasteiger charge is 2.21.